The van der Waals surface area contributed by atoms with Crippen molar-refractivity contribution in [2.75, 3.05) is 37.6 Å². The average molecular weight is 379 g/mol. The number of anilines is 1. The van der Waals surface area contributed by atoms with Crippen LogP contribution in [-0.4, -0.2) is 47.6 Å². The molecule has 5 rings (SSSR count). The van der Waals surface area contributed by atoms with E-state index in [0.29, 0.717) is 0 Å². The van der Waals surface area contributed by atoms with Crippen LogP contribution >= 0.6 is 11.6 Å². The molecule has 5 heteroatoms. The van der Waals surface area contributed by atoms with Gasteiger partial charge < -0.3 is 14.9 Å². The second-order valence-electron chi connectivity index (χ2n) is 7.30. The van der Waals surface area contributed by atoms with Gasteiger partial charge in [-0.3, -0.25) is 4.90 Å². The van der Waals surface area contributed by atoms with Gasteiger partial charge in [0.2, 0.25) is 0 Å². The highest BCUT2D eigenvalue weighted by Crippen LogP contribution is 2.27. The van der Waals surface area contributed by atoms with Crippen molar-refractivity contribution >= 4 is 39.1 Å². The number of benzene rings is 2. The zero-order valence-corrected chi connectivity index (χ0v) is 16.0. The van der Waals surface area contributed by atoms with Gasteiger partial charge in [0.1, 0.15) is 0 Å². The van der Waals surface area contributed by atoms with Crippen LogP contribution in [0.2, 0.25) is 5.02 Å². The first-order valence-corrected chi connectivity index (χ1v) is 9.95. The molecule has 27 heavy (non-hydrogen) atoms. The van der Waals surface area contributed by atoms with Crippen LogP contribution in [0.4, 0.5) is 5.69 Å². The molecule has 2 N–H and O–H groups in total. The predicted octanol–water partition coefficient (Wildman–Crippen LogP) is 4.67. The van der Waals surface area contributed by atoms with Crippen LogP contribution in [0.15, 0.2) is 54.9 Å². The summed E-state index contributed by atoms with van der Waals surface area (Å²) in [5.41, 5.74) is 5.08. The molecule has 4 aromatic rings. The minimum Gasteiger partial charge on any atom is -0.368 e. The van der Waals surface area contributed by atoms with Gasteiger partial charge in [0.25, 0.3) is 0 Å². The number of H-pyrrole nitrogens is 2. The minimum atomic E-state index is 0.802. The molecule has 1 aliphatic heterocycles. The fourth-order valence-corrected chi connectivity index (χ4v) is 4.37. The summed E-state index contributed by atoms with van der Waals surface area (Å²) in [6.45, 7) is 5.43. The Bertz CT molecular complexity index is 1070. The number of hydrogen-bond donors (Lipinski definition) is 2. The Morgan fingerprint density at radius 2 is 1.74 bits per heavy atom. The van der Waals surface area contributed by atoms with Crippen molar-refractivity contribution in [3.8, 4) is 0 Å². The molecular weight excluding hydrogens is 356 g/mol. The first-order chi connectivity index (χ1) is 13.3. The third-order valence-corrected chi connectivity index (χ3v) is 5.95. The molecule has 0 amide bonds. The average Bonchev–Trinajstić information content (AvgIpc) is 3.33. The Labute approximate surface area is 163 Å². The SMILES string of the molecule is Clc1ccc2[nH]cc(CCN3CCN(c4cccc5[nH]ccc45)CC3)c2c1. The van der Waals surface area contributed by atoms with Crippen molar-refractivity contribution in [3.05, 3.63) is 65.4 Å². The maximum Gasteiger partial charge on any atom is 0.0474 e. The Balaban J connectivity index is 1.23. The number of hydrogen-bond acceptors (Lipinski definition) is 2. The molecule has 2 aromatic carbocycles. The zero-order chi connectivity index (χ0) is 18.2. The van der Waals surface area contributed by atoms with Gasteiger partial charge in [-0.2, -0.15) is 0 Å². The molecule has 0 saturated carbocycles. The standard InChI is InChI=1S/C22H23ClN4/c23-17-4-5-21-19(14-17)16(15-25-21)7-9-26-10-12-27(13-11-26)22-3-1-2-20-18(22)6-8-24-20/h1-6,8,14-15,24-25H,7,9-13H2. The van der Waals surface area contributed by atoms with E-state index in [9.17, 15) is 0 Å². The molecule has 1 fully saturated rings. The van der Waals surface area contributed by atoms with Crippen molar-refractivity contribution < 1.29 is 0 Å². The molecule has 3 heterocycles. The highest BCUT2D eigenvalue weighted by molar-refractivity contribution is 6.31. The van der Waals surface area contributed by atoms with Crippen molar-refractivity contribution in [2.24, 2.45) is 0 Å². The Morgan fingerprint density at radius 1 is 0.889 bits per heavy atom. The van der Waals surface area contributed by atoms with Crippen LogP contribution in [0.25, 0.3) is 21.8 Å². The quantitative estimate of drug-likeness (QED) is 0.541. The van der Waals surface area contributed by atoms with Gasteiger partial charge >= 0.3 is 0 Å². The lowest BCUT2D eigenvalue weighted by Crippen LogP contribution is -2.47. The molecule has 1 aliphatic rings. The van der Waals surface area contributed by atoms with E-state index in [-0.39, 0.29) is 0 Å². The fraction of sp³-hybridized carbons (Fsp3) is 0.273. The van der Waals surface area contributed by atoms with Crippen molar-refractivity contribution in [3.63, 3.8) is 0 Å². The monoisotopic (exact) mass is 378 g/mol. The van der Waals surface area contributed by atoms with Gasteiger partial charge in [-0.05, 0) is 48.4 Å². The molecule has 0 bridgehead atoms. The van der Waals surface area contributed by atoms with E-state index < -0.39 is 0 Å². The van der Waals surface area contributed by atoms with Crippen LogP contribution in [-0.2, 0) is 6.42 Å². The molecule has 0 unspecified atom stereocenters. The first-order valence-electron chi connectivity index (χ1n) is 9.57. The topological polar surface area (TPSA) is 38.1 Å². The van der Waals surface area contributed by atoms with Crippen molar-refractivity contribution in [1.29, 1.82) is 0 Å². The second-order valence-corrected chi connectivity index (χ2v) is 7.73. The van der Waals surface area contributed by atoms with Crippen LogP contribution in [0.5, 0.6) is 0 Å². The molecule has 1 saturated heterocycles. The van der Waals surface area contributed by atoms with Crippen molar-refractivity contribution in [2.45, 2.75) is 6.42 Å². The Morgan fingerprint density at radius 3 is 2.63 bits per heavy atom. The molecule has 138 valence electrons. The summed E-state index contributed by atoms with van der Waals surface area (Å²) in [7, 11) is 0. The summed E-state index contributed by atoms with van der Waals surface area (Å²) >= 11 is 6.17. The fourth-order valence-electron chi connectivity index (χ4n) is 4.19. The van der Waals surface area contributed by atoms with Crippen LogP contribution in [0.3, 0.4) is 0 Å². The van der Waals surface area contributed by atoms with E-state index in [2.05, 4.69) is 62.4 Å². The Hall–Kier alpha value is -2.43. The van der Waals surface area contributed by atoms with E-state index in [1.807, 2.05) is 12.3 Å². The van der Waals surface area contributed by atoms with E-state index in [1.165, 1.54) is 33.1 Å². The smallest absolute Gasteiger partial charge is 0.0474 e. The first kappa shape index (κ1) is 16.7. The van der Waals surface area contributed by atoms with Gasteiger partial charge in [-0.25, -0.2) is 0 Å². The number of aromatic amines is 2. The van der Waals surface area contributed by atoms with Gasteiger partial charge in [0.15, 0.2) is 0 Å². The molecule has 0 atom stereocenters. The molecule has 0 spiro atoms. The zero-order valence-electron chi connectivity index (χ0n) is 15.2. The molecule has 0 aliphatic carbocycles. The summed E-state index contributed by atoms with van der Waals surface area (Å²) in [5.74, 6) is 0. The van der Waals surface area contributed by atoms with E-state index in [1.54, 1.807) is 0 Å². The number of aromatic nitrogens is 2. The van der Waals surface area contributed by atoms with E-state index in [0.717, 1.165) is 44.2 Å². The highest BCUT2D eigenvalue weighted by Gasteiger charge is 2.19. The summed E-state index contributed by atoms with van der Waals surface area (Å²) in [6.07, 6.45) is 5.20. The molecule has 2 aromatic heterocycles. The van der Waals surface area contributed by atoms with E-state index in [4.69, 9.17) is 11.6 Å². The van der Waals surface area contributed by atoms with Gasteiger partial charge in [0.05, 0.1) is 0 Å². The predicted molar refractivity (Wildman–Crippen MR) is 114 cm³/mol. The summed E-state index contributed by atoms with van der Waals surface area (Å²) in [4.78, 5) is 11.7. The van der Waals surface area contributed by atoms with Crippen LogP contribution < -0.4 is 4.90 Å². The van der Waals surface area contributed by atoms with Crippen LogP contribution in [0.1, 0.15) is 5.56 Å². The lowest BCUT2D eigenvalue weighted by molar-refractivity contribution is 0.261. The lowest BCUT2D eigenvalue weighted by atomic mass is 10.1. The second kappa shape index (κ2) is 6.95. The third-order valence-electron chi connectivity index (χ3n) is 5.71. The van der Waals surface area contributed by atoms with Gasteiger partial charge in [-0.1, -0.05) is 17.7 Å². The number of piperazine rings is 1. The molecule has 0 radical (unpaired) electrons. The van der Waals surface area contributed by atoms with Crippen molar-refractivity contribution in [1.82, 2.24) is 14.9 Å². The maximum atomic E-state index is 6.17. The normalized spacial score (nSPS) is 15.8. The lowest BCUT2D eigenvalue weighted by Gasteiger charge is -2.36. The minimum absolute atomic E-state index is 0.802. The third kappa shape index (κ3) is 3.20. The largest absolute Gasteiger partial charge is 0.368 e. The number of fused-ring (bicyclic) bond motifs is 2. The molecular formula is C22H23ClN4. The summed E-state index contributed by atoms with van der Waals surface area (Å²) < 4.78 is 0. The van der Waals surface area contributed by atoms with Gasteiger partial charge in [0, 0.05) is 77.6 Å². The summed E-state index contributed by atoms with van der Waals surface area (Å²) in [5, 5.41) is 3.37. The van der Waals surface area contributed by atoms with Crippen LogP contribution in [0, 0.1) is 0 Å². The summed E-state index contributed by atoms with van der Waals surface area (Å²) in [6, 6.07) is 14.8. The number of rotatable bonds is 4. The maximum absolute atomic E-state index is 6.17. The molecule has 4 nitrogen and oxygen atoms in total. The number of halogens is 1. The Kier molecular flexibility index (Phi) is 4.30. The van der Waals surface area contributed by atoms with E-state index >= 15 is 0 Å². The van der Waals surface area contributed by atoms with Gasteiger partial charge in [-0.15, -0.1) is 0 Å². The number of nitrogens with one attached hydrogen (secondary N) is 2. The number of nitrogens with zero attached hydrogens (tertiary/aromatic N) is 2. The highest BCUT2D eigenvalue weighted by atomic mass is 35.5.